The van der Waals surface area contributed by atoms with Crippen LogP contribution in [0.1, 0.15) is 5.56 Å². The summed E-state index contributed by atoms with van der Waals surface area (Å²) in [5, 5.41) is 11.9. The summed E-state index contributed by atoms with van der Waals surface area (Å²) in [7, 11) is 5.85. The lowest BCUT2D eigenvalue weighted by molar-refractivity contribution is -0.116. The van der Waals surface area contributed by atoms with Crippen LogP contribution < -0.4 is 5.32 Å². The molecule has 0 atom stereocenters. The summed E-state index contributed by atoms with van der Waals surface area (Å²) >= 11 is 0. The molecule has 7 heteroatoms. The highest BCUT2D eigenvalue weighted by Gasteiger charge is 2.09. The van der Waals surface area contributed by atoms with Gasteiger partial charge in [0.05, 0.1) is 6.20 Å². The number of fused-ring (bicyclic) bond motifs is 1. The molecule has 0 aliphatic carbocycles. The van der Waals surface area contributed by atoms with Crippen molar-refractivity contribution in [3.8, 4) is 11.1 Å². The fraction of sp³-hybridized carbons (Fsp3) is 0.227. The van der Waals surface area contributed by atoms with Gasteiger partial charge in [-0.15, -0.1) is 5.10 Å². The summed E-state index contributed by atoms with van der Waals surface area (Å²) in [5.41, 5.74) is 4.66. The molecule has 7 nitrogen and oxygen atoms in total. The van der Waals surface area contributed by atoms with E-state index in [0.29, 0.717) is 5.82 Å². The molecule has 29 heavy (non-hydrogen) atoms. The van der Waals surface area contributed by atoms with Gasteiger partial charge in [0, 0.05) is 30.7 Å². The van der Waals surface area contributed by atoms with Crippen molar-refractivity contribution >= 4 is 22.6 Å². The normalized spacial score (nSPS) is 11.3. The topological polar surface area (TPSA) is 68.0 Å². The van der Waals surface area contributed by atoms with Crippen molar-refractivity contribution in [1.29, 1.82) is 0 Å². The second-order valence-electron chi connectivity index (χ2n) is 7.42. The molecule has 2 aromatic heterocycles. The van der Waals surface area contributed by atoms with Crippen molar-refractivity contribution in [2.75, 3.05) is 19.4 Å². The zero-order valence-electron chi connectivity index (χ0n) is 16.8. The number of carbonyl (C=O) groups is 1. The Kier molecular flexibility index (Phi) is 5.14. The molecule has 4 rings (SSSR count). The van der Waals surface area contributed by atoms with E-state index in [1.807, 2.05) is 16.8 Å². The van der Waals surface area contributed by atoms with Crippen LogP contribution in [0.5, 0.6) is 0 Å². The van der Waals surface area contributed by atoms with E-state index >= 15 is 0 Å². The van der Waals surface area contributed by atoms with Crippen molar-refractivity contribution in [3.05, 3.63) is 66.5 Å². The fourth-order valence-electron chi connectivity index (χ4n) is 3.43. The second kappa shape index (κ2) is 7.89. The van der Waals surface area contributed by atoms with E-state index in [-0.39, 0.29) is 12.5 Å². The Morgan fingerprint density at radius 2 is 1.83 bits per heavy atom. The van der Waals surface area contributed by atoms with Crippen molar-refractivity contribution in [1.82, 2.24) is 24.5 Å². The Hall–Kier alpha value is -3.45. The monoisotopic (exact) mass is 388 g/mol. The van der Waals surface area contributed by atoms with Gasteiger partial charge in [0.15, 0.2) is 5.82 Å². The zero-order chi connectivity index (χ0) is 20.4. The van der Waals surface area contributed by atoms with E-state index < -0.39 is 0 Å². The largest absolute Gasteiger partial charge is 0.338 e. The SMILES string of the molecule is CN(C)Cc1ccc(-c2ccc3c(ccn3CC(=O)Nc3cnn(C)n3)c2)cc1. The lowest BCUT2D eigenvalue weighted by Crippen LogP contribution is -2.18. The minimum absolute atomic E-state index is 0.136. The molecule has 0 aliphatic heterocycles. The number of amides is 1. The fourth-order valence-corrected chi connectivity index (χ4v) is 3.43. The highest BCUT2D eigenvalue weighted by atomic mass is 16.2. The van der Waals surface area contributed by atoms with E-state index in [4.69, 9.17) is 0 Å². The maximum atomic E-state index is 12.3. The van der Waals surface area contributed by atoms with Gasteiger partial charge >= 0.3 is 0 Å². The Bertz CT molecular complexity index is 1140. The molecule has 4 aromatic rings. The quantitative estimate of drug-likeness (QED) is 0.551. The predicted molar refractivity (Wildman–Crippen MR) is 114 cm³/mol. The van der Waals surface area contributed by atoms with Crippen molar-refractivity contribution in [3.63, 3.8) is 0 Å². The average Bonchev–Trinajstić information content (AvgIpc) is 3.27. The third-order valence-electron chi connectivity index (χ3n) is 4.74. The summed E-state index contributed by atoms with van der Waals surface area (Å²) in [6, 6.07) is 17.0. The molecule has 0 fully saturated rings. The number of anilines is 1. The lowest BCUT2D eigenvalue weighted by atomic mass is 10.0. The summed E-state index contributed by atoms with van der Waals surface area (Å²) in [6.45, 7) is 1.15. The molecular weight excluding hydrogens is 364 g/mol. The van der Waals surface area contributed by atoms with Gasteiger partial charge in [-0.25, -0.2) is 0 Å². The molecule has 0 aliphatic rings. The van der Waals surface area contributed by atoms with E-state index in [0.717, 1.165) is 23.0 Å². The van der Waals surface area contributed by atoms with Crippen LogP contribution in [0, 0.1) is 0 Å². The van der Waals surface area contributed by atoms with E-state index in [2.05, 4.69) is 77.0 Å². The first-order valence-electron chi connectivity index (χ1n) is 9.47. The number of aryl methyl sites for hydroxylation is 1. The summed E-state index contributed by atoms with van der Waals surface area (Å²) in [6.07, 6.45) is 3.46. The average molecular weight is 388 g/mol. The van der Waals surface area contributed by atoms with Gasteiger partial charge in [-0.1, -0.05) is 30.3 Å². The highest BCUT2D eigenvalue weighted by molar-refractivity contribution is 5.92. The Morgan fingerprint density at radius 3 is 2.52 bits per heavy atom. The highest BCUT2D eigenvalue weighted by Crippen LogP contribution is 2.26. The van der Waals surface area contributed by atoms with Crippen LogP contribution in [0.3, 0.4) is 0 Å². The third-order valence-corrected chi connectivity index (χ3v) is 4.74. The molecule has 2 heterocycles. The van der Waals surface area contributed by atoms with Gasteiger partial charge in [-0.3, -0.25) is 4.79 Å². The van der Waals surface area contributed by atoms with Crippen LogP contribution in [0.2, 0.25) is 0 Å². The first-order valence-corrected chi connectivity index (χ1v) is 9.47. The molecule has 1 amide bonds. The standard InChI is InChI=1S/C22H24N6O/c1-26(2)14-16-4-6-17(7-5-16)18-8-9-20-19(12-18)10-11-28(20)15-22(29)24-21-13-23-27(3)25-21/h4-13H,14-15H2,1-3H3,(H,24,25,29). The van der Waals surface area contributed by atoms with Crippen molar-refractivity contribution < 1.29 is 4.79 Å². The molecule has 0 saturated carbocycles. The molecular formula is C22H24N6O. The predicted octanol–water partition coefficient (Wildman–Crippen LogP) is 3.14. The van der Waals surface area contributed by atoms with Crippen LogP contribution >= 0.6 is 0 Å². The molecule has 148 valence electrons. The Balaban J connectivity index is 1.50. The number of hydrogen-bond acceptors (Lipinski definition) is 4. The van der Waals surface area contributed by atoms with Crippen LogP contribution in [0.25, 0.3) is 22.0 Å². The maximum absolute atomic E-state index is 12.3. The number of nitrogens with zero attached hydrogens (tertiary/aromatic N) is 5. The number of benzene rings is 2. The van der Waals surface area contributed by atoms with Gasteiger partial charge < -0.3 is 14.8 Å². The summed E-state index contributed by atoms with van der Waals surface area (Å²) in [5.74, 6) is 0.317. The first kappa shape index (κ1) is 18.9. The summed E-state index contributed by atoms with van der Waals surface area (Å²) < 4.78 is 1.94. The molecule has 0 radical (unpaired) electrons. The molecule has 1 N–H and O–H groups in total. The lowest BCUT2D eigenvalue weighted by Gasteiger charge is -2.10. The molecule has 0 unspecified atom stereocenters. The minimum atomic E-state index is -0.136. The van der Waals surface area contributed by atoms with Crippen molar-refractivity contribution in [2.24, 2.45) is 7.05 Å². The van der Waals surface area contributed by atoms with Gasteiger partial charge in [0.2, 0.25) is 5.91 Å². The number of nitrogens with one attached hydrogen (secondary N) is 1. The van der Waals surface area contributed by atoms with Gasteiger partial charge in [0.1, 0.15) is 6.54 Å². The van der Waals surface area contributed by atoms with Gasteiger partial charge in [-0.05, 0) is 49.0 Å². The minimum Gasteiger partial charge on any atom is -0.338 e. The van der Waals surface area contributed by atoms with E-state index in [1.165, 1.54) is 22.1 Å². The van der Waals surface area contributed by atoms with Crippen LogP contribution in [0.4, 0.5) is 5.82 Å². The molecule has 0 spiro atoms. The smallest absolute Gasteiger partial charge is 0.245 e. The first-order chi connectivity index (χ1) is 14.0. The van der Waals surface area contributed by atoms with E-state index in [9.17, 15) is 4.79 Å². The summed E-state index contributed by atoms with van der Waals surface area (Å²) in [4.78, 5) is 15.9. The molecule has 2 aromatic carbocycles. The van der Waals surface area contributed by atoms with Crippen LogP contribution in [0.15, 0.2) is 60.9 Å². The Labute approximate surface area is 169 Å². The Morgan fingerprint density at radius 1 is 1.07 bits per heavy atom. The number of aromatic nitrogens is 4. The maximum Gasteiger partial charge on any atom is 0.245 e. The van der Waals surface area contributed by atoms with E-state index in [1.54, 1.807) is 7.05 Å². The number of rotatable bonds is 6. The van der Waals surface area contributed by atoms with Crippen LogP contribution in [-0.4, -0.2) is 44.5 Å². The second-order valence-corrected chi connectivity index (χ2v) is 7.42. The molecule has 0 bridgehead atoms. The number of carbonyl (C=O) groups excluding carboxylic acids is 1. The van der Waals surface area contributed by atoms with Crippen LogP contribution in [-0.2, 0) is 24.9 Å². The molecule has 0 saturated heterocycles. The van der Waals surface area contributed by atoms with Gasteiger partial charge in [0.25, 0.3) is 0 Å². The third kappa shape index (κ3) is 4.35. The van der Waals surface area contributed by atoms with Gasteiger partial charge in [-0.2, -0.15) is 9.90 Å². The number of hydrogen-bond donors (Lipinski definition) is 1. The van der Waals surface area contributed by atoms with Crippen molar-refractivity contribution in [2.45, 2.75) is 13.1 Å². The zero-order valence-corrected chi connectivity index (χ0v) is 16.8.